The van der Waals surface area contributed by atoms with Crippen molar-refractivity contribution in [3.63, 3.8) is 0 Å². The molecule has 0 radical (unpaired) electrons. The molecule has 2 aliphatic rings. The zero-order valence-electron chi connectivity index (χ0n) is 11.5. The van der Waals surface area contributed by atoms with Gasteiger partial charge in [-0.2, -0.15) is 0 Å². The highest BCUT2D eigenvalue weighted by Gasteiger charge is 2.51. The minimum Gasteiger partial charge on any atom is -0.298 e. The summed E-state index contributed by atoms with van der Waals surface area (Å²) in [5.41, 5.74) is 0.618. The molecule has 18 heavy (non-hydrogen) atoms. The Morgan fingerprint density at radius 2 is 2.06 bits per heavy atom. The third-order valence-electron chi connectivity index (χ3n) is 4.90. The van der Waals surface area contributed by atoms with E-state index in [-0.39, 0.29) is 17.6 Å². The molecule has 1 spiro atoms. The molecule has 1 fully saturated rings. The van der Waals surface area contributed by atoms with Gasteiger partial charge in [-0.25, -0.2) is 0 Å². The molecule has 2 aliphatic carbocycles. The van der Waals surface area contributed by atoms with Crippen LogP contribution in [0.3, 0.4) is 0 Å². The molecule has 0 aromatic rings. The summed E-state index contributed by atoms with van der Waals surface area (Å²) in [6, 6.07) is 0. The van der Waals surface area contributed by atoms with Gasteiger partial charge in [0.15, 0.2) is 5.78 Å². The van der Waals surface area contributed by atoms with Crippen molar-refractivity contribution in [2.24, 2.45) is 23.2 Å². The van der Waals surface area contributed by atoms with E-state index in [1.807, 2.05) is 19.9 Å². The summed E-state index contributed by atoms with van der Waals surface area (Å²) in [5.74, 6) is 1.12. The van der Waals surface area contributed by atoms with Crippen LogP contribution in [0.1, 0.15) is 40.0 Å². The lowest BCUT2D eigenvalue weighted by molar-refractivity contribution is -0.139. The number of carbonyl (C=O) groups is 2. The molecule has 0 heterocycles. The second-order valence-electron chi connectivity index (χ2n) is 6.10. The number of hydrogen-bond acceptors (Lipinski definition) is 2. The third-order valence-corrected chi connectivity index (χ3v) is 4.90. The van der Waals surface area contributed by atoms with Crippen LogP contribution in [0.15, 0.2) is 24.3 Å². The van der Waals surface area contributed by atoms with E-state index in [1.165, 1.54) is 0 Å². The lowest BCUT2D eigenvalue weighted by atomic mass is 9.55. The van der Waals surface area contributed by atoms with Crippen molar-refractivity contribution in [1.29, 1.82) is 0 Å². The van der Waals surface area contributed by atoms with Gasteiger partial charge in [-0.15, -0.1) is 0 Å². The van der Waals surface area contributed by atoms with Crippen LogP contribution in [0, 0.1) is 23.2 Å². The van der Waals surface area contributed by atoms with E-state index in [0.717, 1.165) is 12.0 Å². The fourth-order valence-corrected chi connectivity index (χ4v) is 3.52. The van der Waals surface area contributed by atoms with Gasteiger partial charge in [0.05, 0.1) is 5.41 Å². The molecule has 0 aliphatic heterocycles. The van der Waals surface area contributed by atoms with Gasteiger partial charge in [-0.3, -0.25) is 9.59 Å². The summed E-state index contributed by atoms with van der Waals surface area (Å²) >= 11 is 0. The van der Waals surface area contributed by atoms with Gasteiger partial charge in [-0.1, -0.05) is 32.1 Å². The Kier molecular flexibility index (Phi) is 3.31. The summed E-state index contributed by atoms with van der Waals surface area (Å²) in [7, 11) is 0. The van der Waals surface area contributed by atoms with E-state index in [1.54, 1.807) is 6.08 Å². The highest BCUT2D eigenvalue weighted by Crippen LogP contribution is 2.51. The smallest absolute Gasteiger partial charge is 0.155 e. The first-order valence-corrected chi connectivity index (χ1v) is 6.80. The number of carbonyl (C=O) groups excluding carboxylic acids is 2. The molecule has 98 valence electrons. The average Bonchev–Trinajstić information content (AvgIpc) is 2.34. The van der Waals surface area contributed by atoms with E-state index >= 15 is 0 Å². The normalized spacial score (nSPS) is 40.3. The first-order chi connectivity index (χ1) is 8.38. The summed E-state index contributed by atoms with van der Waals surface area (Å²) in [6.07, 6.45) is 5.65. The zero-order chi connectivity index (χ0) is 13.5. The van der Waals surface area contributed by atoms with Gasteiger partial charge >= 0.3 is 0 Å². The third kappa shape index (κ3) is 1.88. The highest BCUT2D eigenvalue weighted by atomic mass is 16.1. The lowest BCUT2D eigenvalue weighted by Gasteiger charge is -2.47. The van der Waals surface area contributed by atoms with Crippen molar-refractivity contribution >= 4 is 11.6 Å². The number of allylic oxidation sites excluding steroid dienone is 3. The van der Waals surface area contributed by atoms with Crippen LogP contribution in [0.2, 0.25) is 0 Å². The van der Waals surface area contributed by atoms with Crippen molar-refractivity contribution in [2.45, 2.75) is 40.0 Å². The monoisotopic (exact) mass is 246 g/mol. The minimum atomic E-state index is -0.453. The zero-order valence-corrected chi connectivity index (χ0v) is 11.5. The van der Waals surface area contributed by atoms with Gasteiger partial charge in [0, 0.05) is 12.3 Å². The van der Waals surface area contributed by atoms with E-state index in [2.05, 4.69) is 13.5 Å². The van der Waals surface area contributed by atoms with Gasteiger partial charge < -0.3 is 0 Å². The second-order valence-corrected chi connectivity index (χ2v) is 6.10. The van der Waals surface area contributed by atoms with Crippen LogP contribution in [0.25, 0.3) is 0 Å². The number of Topliss-reactive ketones (excluding diaryl/α,β-unsaturated/α-hetero) is 1. The standard InChI is InChI=1S/C16H22O2/c1-10(2)14-9-11(3)12(4)15(18)16(14)7-5-13(17)6-8-16/h5,7,11-12,14H,1,6,8-9H2,2-4H3/t11-,12-,14+,16+/m1/s1. The molecule has 2 rings (SSSR count). The summed E-state index contributed by atoms with van der Waals surface area (Å²) < 4.78 is 0. The summed E-state index contributed by atoms with van der Waals surface area (Å²) in [6.45, 7) is 10.2. The predicted octanol–water partition coefficient (Wildman–Crippen LogP) is 3.33. The van der Waals surface area contributed by atoms with Gasteiger partial charge in [0.25, 0.3) is 0 Å². The first-order valence-electron chi connectivity index (χ1n) is 6.80. The number of hydrogen-bond donors (Lipinski definition) is 0. The Morgan fingerprint density at radius 1 is 1.39 bits per heavy atom. The van der Waals surface area contributed by atoms with Crippen LogP contribution in [-0.4, -0.2) is 11.6 Å². The fraction of sp³-hybridized carbons (Fsp3) is 0.625. The topological polar surface area (TPSA) is 34.1 Å². The molecule has 0 amide bonds. The predicted molar refractivity (Wildman–Crippen MR) is 72.1 cm³/mol. The summed E-state index contributed by atoms with van der Waals surface area (Å²) in [4.78, 5) is 24.1. The maximum absolute atomic E-state index is 12.7. The van der Waals surface area contributed by atoms with Gasteiger partial charge in [-0.05, 0) is 37.7 Å². The van der Waals surface area contributed by atoms with Gasteiger partial charge in [0.1, 0.15) is 5.78 Å². The average molecular weight is 246 g/mol. The van der Waals surface area contributed by atoms with Crippen LogP contribution >= 0.6 is 0 Å². The molecule has 2 heteroatoms. The fourth-order valence-electron chi connectivity index (χ4n) is 3.52. The van der Waals surface area contributed by atoms with Crippen molar-refractivity contribution in [3.05, 3.63) is 24.3 Å². The van der Waals surface area contributed by atoms with E-state index in [0.29, 0.717) is 24.5 Å². The Labute approximate surface area is 109 Å². The van der Waals surface area contributed by atoms with Crippen molar-refractivity contribution in [2.75, 3.05) is 0 Å². The molecule has 2 nitrogen and oxygen atoms in total. The maximum atomic E-state index is 12.7. The molecule has 0 unspecified atom stereocenters. The Morgan fingerprint density at radius 3 is 2.56 bits per heavy atom. The molecule has 0 aromatic heterocycles. The van der Waals surface area contributed by atoms with Crippen LogP contribution in [0.4, 0.5) is 0 Å². The van der Waals surface area contributed by atoms with Crippen LogP contribution < -0.4 is 0 Å². The molecule has 4 atom stereocenters. The van der Waals surface area contributed by atoms with E-state index < -0.39 is 5.41 Å². The van der Waals surface area contributed by atoms with Crippen molar-refractivity contribution < 1.29 is 9.59 Å². The molecule has 0 bridgehead atoms. The number of rotatable bonds is 1. The number of ketones is 2. The lowest BCUT2D eigenvalue weighted by Crippen LogP contribution is -2.49. The molecular weight excluding hydrogens is 224 g/mol. The summed E-state index contributed by atoms with van der Waals surface area (Å²) in [5, 5.41) is 0. The highest BCUT2D eigenvalue weighted by molar-refractivity contribution is 5.97. The molecule has 0 aromatic carbocycles. The Bertz CT molecular complexity index is 432. The minimum absolute atomic E-state index is 0.0819. The van der Waals surface area contributed by atoms with Crippen molar-refractivity contribution in [3.8, 4) is 0 Å². The molecule has 0 N–H and O–H groups in total. The molecular formula is C16H22O2. The first kappa shape index (κ1) is 13.3. The van der Waals surface area contributed by atoms with Crippen LogP contribution in [0.5, 0.6) is 0 Å². The van der Waals surface area contributed by atoms with Gasteiger partial charge in [0.2, 0.25) is 0 Å². The quantitative estimate of drug-likeness (QED) is 0.665. The second kappa shape index (κ2) is 4.49. The Balaban J connectivity index is 2.45. The Hall–Kier alpha value is -1.18. The molecule has 1 saturated carbocycles. The SMILES string of the molecule is C=C(C)[C@@H]1C[C@@H](C)[C@@H](C)C(=O)[C@]12C=CC(=O)CC2. The van der Waals surface area contributed by atoms with E-state index in [9.17, 15) is 9.59 Å². The molecule has 0 saturated heterocycles. The van der Waals surface area contributed by atoms with E-state index in [4.69, 9.17) is 0 Å². The van der Waals surface area contributed by atoms with Crippen LogP contribution in [-0.2, 0) is 9.59 Å². The van der Waals surface area contributed by atoms with Crippen molar-refractivity contribution in [1.82, 2.24) is 0 Å². The largest absolute Gasteiger partial charge is 0.298 e. The maximum Gasteiger partial charge on any atom is 0.155 e.